The number of hydrogen-bond donors (Lipinski definition) is 1. The molecule has 1 aromatic heterocycles. The smallest absolute Gasteiger partial charge is 0.343 e. The van der Waals surface area contributed by atoms with Gasteiger partial charge in [0.15, 0.2) is 6.10 Å². The van der Waals surface area contributed by atoms with Crippen LogP contribution in [0.3, 0.4) is 0 Å². The summed E-state index contributed by atoms with van der Waals surface area (Å²) in [4.78, 5) is 29.4. The van der Waals surface area contributed by atoms with E-state index in [0.717, 1.165) is 0 Å². The number of ether oxygens (including phenoxy) is 4. The number of carbonyl (C=O) groups is 2. The molecular formula is C23H23ClN2O6. The number of amides is 1. The van der Waals surface area contributed by atoms with Gasteiger partial charge in [0, 0.05) is 24.1 Å². The number of carbonyl (C=O) groups excluding carboxylic acids is 2. The first-order valence-corrected chi connectivity index (χ1v) is 10.0. The zero-order valence-corrected chi connectivity index (χ0v) is 18.6. The topological polar surface area (TPSA) is 96.0 Å². The molecule has 2 aromatic carbocycles. The molecule has 0 spiro atoms. The molecular weight excluding hydrogens is 436 g/mol. The predicted molar refractivity (Wildman–Crippen MR) is 119 cm³/mol. The Morgan fingerprint density at radius 3 is 2.50 bits per heavy atom. The van der Waals surface area contributed by atoms with Gasteiger partial charge in [-0.1, -0.05) is 41.9 Å². The summed E-state index contributed by atoms with van der Waals surface area (Å²) in [7, 11) is 4.18. The normalized spacial score (nSPS) is 11.8. The van der Waals surface area contributed by atoms with Gasteiger partial charge in [-0.05, 0) is 29.3 Å². The maximum absolute atomic E-state index is 12.9. The quantitative estimate of drug-likeness (QED) is 0.386. The van der Waals surface area contributed by atoms with Gasteiger partial charge in [0.25, 0.3) is 5.91 Å². The summed E-state index contributed by atoms with van der Waals surface area (Å²) < 4.78 is 20.6. The summed E-state index contributed by atoms with van der Waals surface area (Å²) in [5.41, 5.74) is 2.06. The van der Waals surface area contributed by atoms with Gasteiger partial charge in [0.1, 0.15) is 12.4 Å². The molecule has 9 heteroatoms. The van der Waals surface area contributed by atoms with E-state index in [1.807, 2.05) is 18.2 Å². The molecule has 0 aliphatic rings. The molecule has 0 bridgehead atoms. The first-order chi connectivity index (χ1) is 15.5. The lowest BCUT2D eigenvalue weighted by Crippen LogP contribution is -2.31. The van der Waals surface area contributed by atoms with Crippen molar-refractivity contribution in [3.8, 4) is 5.88 Å². The Bertz CT molecular complexity index is 1110. The second kappa shape index (κ2) is 10.9. The zero-order valence-electron chi connectivity index (χ0n) is 17.9. The molecule has 8 nitrogen and oxygen atoms in total. The minimum atomic E-state index is -0.852. The molecule has 1 atom stereocenters. The molecule has 1 heterocycles. The van der Waals surface area contributed by atoms with Crippen LogP contribution in [0.15, 0.2) is 48.5 Å². The van der Waals surface area contributed by atoms with Crippen LogP contribution in [0, 0.1) is 0 Å². The van der Waals surface area contributed by atoms with E-state index in [4.69, 9.17) is 30.5 Å². The third-order valence-corrected chi connectivity index (χ3v) is 4.89. The van der Waals surface area contributed by atoms with Gasteiger partial charge in [-0.15, -0.1) is 0 Å². The largest absolute Gasteiger partial charge is 0.480 e. The van der Waals surface area contributed by atoms with Crippen molar-refractivity contribution in [1.82, 2.24) is 10.3 Å². The van der Waals surface area contributed by atoms with E-state index < -0.39 is 12.1 Å². The SMILES string of the molecule is COCOC(C(=O)NCc1cc(Cl)cc2cc(C(=O)OC)c(OC)nc12)c1ccccc1. The van der Waals surface area contributed by atoms with Crippen molar-refractivity contribution in [2.24, 2.45) is 0 Å². The number of benzene rings is 2. The maximum atomic E-state index is 12.9. The van der Waals surface area contributed by atoms with E-state index in [1.54, 1.807) is 30.3 Å². The molecule has 1 amide bonds. The van der Waals surface area contributed by atoms with Crippen molar-refractivity contribution in [3.05, 3.63) is 70.2 Å². The van der Waals surface area contributed by atoms with Crippen molar-refractivity contribution in [3.63, 3.8) is 0 Å². The highest BCUT2D eigenvalue weighted by Crippen LogP contribution is 2.28. The number of methoxy groups -OCH3 is 3. The molecule has 0 aliphatic heterocycles. The third-order valence-electron chi connectivity index (χ3n) is 4.67. The van der Waals surface area contributed by atoms with E-state index >= 15 is 0 Å². The average Bonchev–Trinajstić information content (AvgIpc) is 2.82. The van der Waals surface area contributed by atoms with Crippen molar-refractivity contribution in [2.75, 3.05) is 28.1 Å². The molecule has 0 fully saturated rings. The van der Waals surface area contributed by atoms with Crippen LogP contribution < -0.4 is 10.1 Å². The van der Waals surface area contributed by atoms with Crippen LogP contribution in [-0.4, -0.2) is 45.0 Å². The van der Waals surface area contributed by atoms with Crippen LogP contribution in [0.25, 0.3) is 10.9 Å². The first-order valence-electron chi connectivity index (χ1n) is 9.67. The minimum Gasteiger partial charge on any atom is -0.480 e. The van der Waals surface area contributed by atoms with Crippen molar-refractivity contribution in [2.45, 2.75) is 12.6 Å². The van der Waals surface area contributed by atoms with Crippen LogP contribution in [-0.2, 0) is 25.5 Å². The summed E-state index contributed by atoms with van der Waals surface area (Å²) in [6.45, 7) is 0.0887. The second-order valence-corrected chi connectivity index (χ2v) is 7.19. The number of fused-ring (bicyclic) bond motifs is 1. The molecule has 3 rings (SSSR count). The summed E-state index contributed by atoms with van der Waals surface area (Å²) in [6.07, 6.45) is -0.852. The first kappa shape index (κ1) is 23.5. The summed E-state index contributed by atoms with van der Waals surface area (Å²) in [5.74, 6) is -0.809. The number of aromatic nitrogens is 1. The number of halogens is 1. The molecule has 1 N–H and O–H groups in total. The molecule has 0 saturated carbocycles. The minimum absolute atomic E-state index is 0.0395. The standard InChI is InChI=1S/C23H23ClN2O6/c1-29-13-32-20(14-7-5-4-6-8-14)21(27)25-12-16-10-17(24)9-15-11-18(23(28)31-3)22(30-2)26-19(15)16/h4-11,20H,12-13H2,1-3H3,(H,25,27). The van der Waals surface area contributed by atoms with Gasteiger partial charge in [-0.3, -0.25) is 4.79 Å². The Labute approximate surface area is 190 Å². The van der Waals surface area contributed by atoms with Gasteiger partial charge in [-0.25, -0.2) is 9.78 Å². The van der Waals surface area contributed by atoms with Crippen molar-refractivity contribution in [1.29, 1.82) is 0 Å². The van der Waals surface area contributed by atoms with E-state index in [1.165, 1.54) is 21.3 Å². The Morgan fingerprint density at radius 2 is 1.84 bits per heavy atom. The second-order valence-electron chi connectivity index (χ2n) is 6.76. The zero-order chi connectivity index (χ0) is 23.1. The highest BCUT2D eigenvalue weighted by atomic mass is 35.5. The number of rotatable bonds is 9. The highest BCUT2D eigenvalue weighted by Gasteiger charge is 2.22. The third kappa shape index (κ3) is 5.34. The van der Waals surface area contributed by atoms with E-state index in [2.05, 4.69) is 10.3 Å². The molecule has 32 heavy (non-hydrogen) atoms. The summed E-state index contributed by atoms with van der Waals surface area (Å²) in [6, 6.07) is 14.1. The number of hydrogen-bond acceptors (Lipinski definition) is 7. The maximum Gasteiger partial charge on any atom is 0.343 e. The molecule has 3 aromatic rings. The lowest BCUT2D eigenvalue weighted by Gasteiger charge is -2.18. The van der Waals surface area contributed by atoms with E-state index in [-0.39, 0.29) is 30.7 Å². The van der Waals surface area contributed by atoms with Crippen molar-refractivity contribution >= 4 is 34.4 Å². The number of pyridine rings is 1. The van der Waals surface area contributed by atoms with Crippen LogP contribution in [0.4, 0.5) is 0 Å². The molecule has 1 unspecified atom stereocenters. The lowest BCUT2D eigenvalue weighted by atomic mass is 10.1. The lowest BCUT2D eigenvalue weighted by molar-refractivity contribution is -0.142. The van der Waals surface area contributed by atoms with Crippen LogP contribution in [0.1, 0.15) is 27.6 Å². The van der Waals surface area contributed by atoms with Gasteiger partial charge < -0.3 is 24.3 Å². The fourth-order valence-corrected chi connectivity index (χ4v) is 3.46. The van der Waals surface area contributed by atoms with Gasteiger partial charge in [-0.2, -0.15) is 0 Å². The van der Waals surface area contributed by atoms with Gasteiger partial charge in [0.2, 0.25) is 5.88 Å². The van der Waals surface area contributed by atoms with Gasteiger partial charge >= 0.3 is 5.97 Å². The van der Waals surface area contributed by atoms with Crippen LogP contribution >= 0.6 is 11.6 Å². The van der Waals surface area contributed by atoms with E-state index in [9.17, 15) is 9.59 Å². The number of nitrogens with one attached hydrogen (secondary N) is 1. The van der Waals surface area contributed by atoms with Crippen molar-refractivity contribution < 1.29 is 28.5 Å². The fourth-order valence-electron chi connectivity index (χ4n) is 3.21. The fraction of sp³-hybridized carbons (Fsp3) is 0.261. The Hall–Kier alpha value is -3.20. The monoisotopic (exact) mass is 458 g/mol. The van der Waals surface area contributed by atoms with E-state index in [0.29, 0.717) is 27.1 Å². The predicted octanol–water partition coefficient (Wildman–Crippen LogP) is 3.66. The molecule has 0 radical (unpaired) electrons. The van der Waals surface area contributed by atoms with Gasteiger partial charge in [0.05, 0.1) is 19.7 Å². The number of esters is 1. The molecule has 0 aliphatic carbocycles. The Morgan fingerprint density at radius 1 is 1.09 bits per heavy atom. The summed E-state index contributed by atoms with van der Waals surface area (Å²) in [5, 5.41) is 3.90. The summed E-state index contributed by atoms with van der Waals surface area (Å²) >= 11 is 6.28. The average molecular weight is 459 g/mol. The Balaban J connectivity index is 1.90. The highest BCUT2D eigenvalue weighted by molar-refractivity contribution is 6.31. The van der Waals surface area contributed by atoms with Crippen LogP contribution in [0.2, 0.25) is 5.02 Å². The Kier molecular flexibility index (Phi) is 7.99. The van der Waals surface area contributed by atoms with Crippen LogP contribution in [0.5, 0.6) is 5.88 Å². The number of nitrogens with zero attached hydrogens (tertiary/aromatic N) is 1. The molecule has 0 saturated heterocycles. The molecule has 168 valence electrons.